The second-order valence-electron chi connectivity index (χ2n) is 7.27. The van der Waals surface area contributed by atoms with Crippen LogP contribution in [0.5, 0.6) is 0 Å². The molecule has 0 aliphatic carbocycles. The van der Waals surface area contributed by atoms with Crippen LogP contribution in [0.2, 0.25) is 0 Å². The van der Waals surface area contributed by atoms with Gasteiger partial charge in [-0.1, -0.05) is 63.3 Å². The summed E-state index contributed by atoms with van der Waals surface area (Å²) < 4.78 is 0. The van der Waals surface area contributed by atoms with E-state index in [0.717, 1.165) is 12.8 Å². The summed E-state index contributed by atoms with van der Waals surface area (Å²) in [6.07, 6.45) is 10.8. The SMILES string of the molecule is CCCCCCCCc1ccc(CCC(CO)(CO)N(C)C)cc1. The minimum Gasteiger partial charge on any atom is -0.394 e. The molecule has 1 rings (SSSR count). The fourth-order valence-corrected chi connectivity index (χ4v) is 3.07. The van der Waals surface area contributed by atoms with E-state index in [1.54, 1.807) is 0 Å². The van der Waals surface area contributed by atoms with Gasteiger partial charge >= 0.3 is 0 Å². The van der Waals surface area contributed by atoms with Gasteiger partial charge in [-0.15, -0.1) is 0 Å². The number of nitrogens with zero attached hydrogens (tertiary/aromatic N) is 1. The number of rotatable bonds is 13. The second kappa shape index (κ2) is 11.6. The standard InChI is InChI=1S/C21H37NO2/c1-4-5-6-7-8-9-10-19-11-13-20(14-12-19)15-16-21(17-23,18-24)22(2)3/h11-14,23-24H,4-10,15-18H2,1-3H3. The summed E-state index contributed by atoms with van der Waals surface area (Å²) in [5.74, 6) is 0. The molecular formula is C21H37NO2. The maximum atomic E-state index is 9.64. The van der Waals surface area contributed by atoms with Crippen molar-refractivity contribution in [3.63, 3.8) is 0 Å². The van der Waals surface area contributed by atoms with Gasteiger partial charge in [-0.2, -0.15) is 0 Å². The maximum absolute atomic E-state index is 9.64. The van der Waals surface area contributed by atoms with Gasteiger partial charge in [0.1, 0.15) is 0 Å². The molecule has 24 heavy (non-hydrogen) atoms. The fourth-order valence-electron chi connectivity index (χ4n) is 3.07. The Bertz CT molecular complexity index is 424. The van der Waals surface area contributed by atoms with Crippen LogP contribution in [0.25, 0.3) is 0 Å². The van der Waals surface area contributed by atoms with Gasteiger partial charge in [0.25, 0.3) is 0 Å². The second-order valence-corrected chi connectivity index (χ2v) is 7.27. The molecule has 0 amide bonds. The lowest BCUT2D eigenvalue weighted by Gasteiger charge is -2.36. The molecule has 2 N–H and O–H groups in total. The predicted molar refractivity (Wildman–Crippen MR) is 102 cm³/mol. The Morgan fingerprint density at radius 2 is 1.29 bits per heavy atom. The molecule has 0 bridgehead atoms. The topological polar surface area (TPSA) is 43.7 Å². The Kier molecular flexibility index (Phi) is 10.2. The van der Waals surface area contributed by atoms with Crippen molar-refractivity contribution >= 4 is 0 Å². The van der Waals surface area contributed by atoms with Gasteiger partial charge < -0.3 is 10.2 Å². The third-order valence-corrected chi connectivity index (χ3v) is 5.26. The molecule has 0 atom stereocenters. The number of aryl methyl sites for hydroxylation is 2. The third-order valence-electron chi connectivity index (χ3n) is 5.26. The number of aliphatic hydroxyl groups excluding tert-OH is 2. The predicted octanol–water partition coefficient (Wildman–Crippen LogP) is 3.81. The molecule has 1 aromatic rings. The van der Waals surface area contributed by atoms with E-state index in [0.29, 0.717) is 0 Å². The lowest BCUT2D eigenvalue weighted by Crippen LogP contribution is -2.51. The molecule has 0 radical (unpaired) electrons. The van der Waals surface area contributed by atoms with Crippen LogP contribution in [0.15, 0.2) is 24.3 Å². The van der Waals surface area contributed by atoms with Crippen molar-refractivity contribution in [2.24, 2.45) is 0 Å². The molecule has 0 fully saturated rings. The average molecular weight is 336 g/mol. The van der Waals surface area contributed by atoms with E-state index in [2.05, 4.69) is 31.2 Å². The quantitative estimate of drug-likeness (QED) is 0.539. The summed E-state index contributed by atoms with van der Waals surface area (Å²) in [6.45, 7) is 2.21. The van der Waals surface area contributed by atoms with E-state index < -0.39 is 5.54 Å². The maximum Gasteiger partial charge on any atom is 0.0671 e. The highest BCUT2D eigenvalue weighted by Gasteiger charge is 2.30. The Balaban J connectivity index is 2.39. The molecule has 0 aliphatic heterocycles. The molecular weight excluding hydrogens is 298 g/mol. The van der Waals surface area contributed by atoms with Crippen molar-refractivity contribution in [3.05, 3.63) is 35.4 Å². The van der Waals surface area contributed by atoms with Crippen molar-refractivity contribution in [3.8, 4) is 0 Å². The molecule has 138 valence electrons. The van der Waals surface area contributed by atoms with Gasteiger partial charge in [0, 0.05) is 0 Å². The van der Waals surface area contributed by atoms with Crippen molar-refractivity contribution in [2.45, 2.75) is 70.3 Å². The van der Waals surface area contributed by atoms with E-state index in [-0.39, 0.29) is 13.2 Å². The Morgan fingerprint density at radius 1 is 0.792 bits per heavy atom. The largest absolute Gasteiger partial charge is 0.394 e. The number of hydrogen-bond acceptors (Lipinski definition) is 3. The molecule has 1 aromatic carbocycles. The first kappa shape index (κ1) is 21.1. The minimum absolute atomic E-state index is 0.0212. The summed E-state index contributed by atoms with van der Waals surface area (Å²) >= 11 is 0. The zero-order chi connectivity index (χ0) is 17.8. The van der Waals surface area contributed by atoms with Crippen LogP contribution < -0.4 is 0 Å². The Labute approximate surface area is 148 Å². The summed E-state index contributed by atoms with van der Waals surface area (Å²) in [4.78, 5) is 1.93. The molecule has 0 heterocycles. The third kappa shape index (κ3) is 6.92. The van der Waals surface area contributed by atoms with Crippen molar-refractivity contribution in [1.82, 2.24) is 4.90 Å². The van der Waals surface area contributed by atoms with Crippen LogP contribution >= 0.6 is 0 Å². The highest BCUT2D eigenvalue weighted by atomic mass is 16.3. The summed E-state index contributed by atoms with van der Waals surface area (Å²) in [7, 11) is 3.83. The fraction of sp³-hybridized carbons (Fsp3) is 0.714. The lowest BCUT2D eigenvalue weighted by atomic mass is 9.91. The number of likely N-dealkylation sites (N-methyl/N-ethyl adjacent to an activating group) is 1. The first-order valence-electron chi connectivity index (χ1n) is 9.55. The Morgan fingerprint density at radius 3 is 1.79 bits per heavy atom. The minimum atomic E-state index is -0.531. The Hall–Kier alpha value is -0.900. The average Bonchev–Trinajstić information content (AvgIpc) is 2.60. The first-order chi connectivity index (χ1) is 11.6. The molecule has 0 aliphatic rings. The molecule has 0 saturated carbocycles. The number of unbranched alkanes of at least 4 members (excludes halogenated alkanes) is 5. The monoisotopic (exact) mass is 335 g/mol. The summed E-state index contributed by atoms with van der Waals surface area (Å²) in [5.41, 5.74) is 2.16. The lowest BCUT2D eigenvalue weighted by molar-refractivity contribution is 0.0107. The zero-order valence-electron chi connectivity index (χ0n) is 15.9. The highest BCUT2D eigenvalue weighted by Crippen LogP contribution is 2.20. The van der Waals surface area contributed by atoms with Gasteiger partial charge in [-0.05, 0) is 50.9 Å². The zero-order valence-corrected chi connectivity index (χ0v) is 15.9. The van der Waals surface area contributed by atoms with Gasteiger partial charge in [-0.25, -0.2) is 0 Å². The normalized spacial score (nSPS) is 12.1. The van der Waals surface area contributed by atoms with Crippen molar-refractivity contribution in [2.75, 3.05) is 27.3 Å². The van der Waals surface area contributed by atoms with Gasteiger partial charge in [0.15, 0.2) is 0 Å². The number of benzene rings is 1. The molecule has 3 nitrogen and oxygen atoms in total. The molecule has 0 saturated heterocycles. The van der Waals surface area contributed by atoms with Gasteiger partial charge in [-0.3, -0.25) is 4.90 Å². The summed E-state index contributed by atoms with van der Waals surface area (Å²) in [5, 5.41) is 19.3. The van der Waals surface area contributed by atoms with E-state index >= 15 is 0 Å². The highest BCUT2D eigenvalue weighted by molar-refractivity contribution is 5.23. The number of hydrogen-bond donors (Lipinski definition) is 2. The van der Waals surface area contributed by atoms with E-state index in [1.807, 2.05) is 19.0 Å². The molecule has 0 unspecified atom stereocenters. The molecule has 0 aromatic heterocycles. The van der Waals surface area contributed by atoms with Crippen LogP contribution in [0.1, 0.15) is 63.0 Å². The first-order valence-corrected chi connectivity index (χ1v) is 9.55. The molecule has 3 heteroatoms. The van der Waals surface area contributed by atoms with Crippen LogP contribution in [0.3, 0.4) is 0 Å². The van der Waals surface area contributed by atoms with Crippen LogP contribution in [0, 0.1) is 0 Å². The summed E-state index contributed by atoms with van der Waals surface area (Å²) in [6, 6.07) is 8.86. The van der Waals surface area contributed by atoms with Gasteiger partial charge in [0.05, 0.1) is 18.8 Å². The van der Waals surface area contributed by atoms with E-state index in [1.165, 1.54) is 56.1 Å². The number of aliphatic hydroxyl groups is 2. The van der Waals surface area contributed by atoms with Crippen LogP contribution in [-0.4, -0.2) is 48.0 Å². The van der Waals surface area contributed by atoms with Crippen molar-refractivity contribution in [1.29, 1.82) is 0 Å². The van der Waals surface area contributed by atoms with Gasteiger partial charge in [0.2, 0.25) is 0 Å². The van der Waals surface area contributed by atoms with E-state index in [4.69, 9.17) is 0 Å². The van der Waals surface area contributed by atoms with Crippen LogP contribution in [-0.2, 0) is 12.8 Å². The smallest absolute Gasteiger partial charge is 0.0671 e. The van der Waals surface area contributed by atoms with Crippen molar-refractivity contribution < 1.29 is 10.2 Å². The molecule has 0 spiro atoms. The van der Waals surface area contributed by atoms with Crippen LogP contribution in [0.4, 0.5) is 0 Å². The van der Waals surface area contributed by atoms with E-state index in [9.17, 15) is 10.2 Å².